The van der Waals surface area contributed by atoms with Gasteiger partial charge in [-0.25, -0.2) is 0 Å². The fourth-order valence-electron chi connectivity index (χ4n) is 1.17. The van der Waals surface area contributed by atoms with Gasteiger partial charge in [0, 0.05) is 6.42 Å². The van der Waals surface area contributed by atoms with E-state index in [-0.39, 0.29) is 18.8 Å². The second-order valence-electron chi connectivity index (χ2n) is 3.07. The predicted molar refractivity (Wildman–Crippen MR) is 53.4 cm³/mol. The highest BCUT2D eigenvalue weighted by molar-refractivity contribution is 5.94. The molecule has 0 bridgehead atoms. The zero-order chi connectivity index (χ0) is 12.6. The minimum absolute atomic E-state index is 0.154. The molecule has 0 fully saturated rings. The Bertz CT molecular complexity index is 244. The van der Waals surface area contributed by atoms with Crippen LogP contribution in [0.1, 0.15) is 19.3 Å². The van der Waals surface area contributed by atoms with Crippen LogP contribution in [0.2, 0.25) is 0 Å². The molecule has 0 saturated carbocycles. The van der Waals surface area contributed by atoms with Gasteiger partial charge >= 0.3 is 17.9 Å². The standard InChI is InChI=1S/C10H16O6/c1-14-8(11)6-4-5-7(9(12)15-2)10(13)16-3/h7H,4-6H2,1-3H3. The number of ether oxygens (including phenoxy) is 3. The monoisotopic (exact) mass is 232 g/mol. The van der Waals surface area contributed by atoms with E-state index in [1.807, 2.05) is 0 Å². The van der Waals surface area contributed by atoms with Gasteiger partial charge < -0.3 is 14.2 Å². The van der Waals surface area contributed by atoms with Crippen molar-refractivity contribution in [3.05, 3.63) is 0 Å². The molecular formula is C10H16O6. The lowest BCUT2D eigenvalue weighted by atomic mass is 10.0. The van der Waals surface area contributed by atoms with E-state index in [9.17, 15) is 14.4 Å². The SMILES string of the molecule is COC(=O)CCCC(C(=O)OC)C(=O)OC. The van der Waals surface area contributed by atoms with E-state index in [2.05, 4.69) is 14.2 Å². The largest absolute Gasteiger partial charge is 0.469 e. The Kier molecular flexibility index (Phi) is 6.91. The molecular weight excluding hydrogens is 216 g/mol. The van der Waals surface area contributed by atoms with Crippen LogP contribution in [0.4, 0.5) is 0 Å². The van der Waals surface area contributed by atoms with Crippen LogP contribution >= 0.6 is 0 Å². The van der Waals surface area contributed by atoms with E-state index in [1.165, 1.54) is 21.3 Å². The van der Waals surface area contributed by atoms with Crippen LogP contribution in [-0.2, 0) is 28.6 Å². The average Bonchev–Trinajstić information content (AvgIpc) is 2.32. The zero-order valence-corrected chi connectivity index (χ0v) is 9.65. The third-order valence-electron chi connectivity index (χ3n) is 2.07. The fourth-order valence-corrected chi connectivity index (χ4v) is 1.17. The van der Waals surface area contributed by atoms with Crippen LogP contribution < -0.4 is 0 Å². The summed E-state index contributed by atoms with van der Waals surface area (Å²) in [6, 6.07) is 0. The minimum Gasteiger partial charge on any atom is -0.469 e. The van der Waals surface area contributed by atoms with Gasteiger partial charge in [-0.15, -0.1) is 0 Å². The van der Waals surface area contributed by atoms with Crippen LogP contribution in [0.5, 0.6) is 0 Å². The number of esters is 3. The Morgan fingerprint density at radius 3 is 1.81 bits per heavy atom. The van der Waals surface area contributed by atoms with Crippen molar-refractivity contribution in [3.8, 4) is 0 Å². The molecule has 0 spiro atoms. The molecule has 0 unspecified atom stereocenters. The van der Waals surface area contributed by atoms with Crippen molar-refractivity contribution in [2.45, 2.75) is 19.3 Å². The highest BCUT2D eigenvalue weighted by atomic mass is 16.5. The molecule has 0 aromatic carbocycles. The van der Waals surface area contributed by atoms with E-state index in [1.54, 1.807) is 0 Å². The van der Waals surface area contributed by atoms with Crippen LogP contribution in [0.25, 0.3) is 0 Å². The van der Waals surface area contributed by atoms with Crippen LogP contribution in [0.15, 0.2) is 0 Å². The first-order valence-corrected chi connectivity index (χ1v) is 4.79. The summed E-state index contributed by atoms with van der Waals surface area (Å²) in [5, 5.41) is 0. The van der Waals surface area contributed by atoms with Gasteiger partial charge in [-0.1, -0.05) is 0 Å². The highest BCUT2D eigenvalue weighted by Gasteiger charge is 2.28. The Morgan fingerprint density at radius 1 is 0.938 bits per heavy atom. The number of hydrogen-bond donors (Lipinski definition) is 0. The van der Waals surface area contributed by atoms with Gasteiger partial charge in [-0.05, 0) is 12.8 Å². The summed E-state index contributed by atoms with van der Waals surface area (Å²) < 4.78 is 13.4. The van der Waals surface area contributed by atoms with E-state index >= 15 is 0 Å². The summed E-state index contributed by atoms with van der Waals surface area (Å²) in [6.45, 7) is 0. The third-order valence-corrected chi connectivity index (χ3v) is 2.07. The summed E-state index contributed by atoms with van der Waals surface area (Å²) in [6.07, 6.45) is 0.719. The third kappa shape index (κ3) is 4.77. The molecule has 0 N–H and O–H groups in total. The van der Waals surface area contributed by atoms with Crippen molar-refractivity contribution >= 4 is 17.9 Å². The maximum atomic E-state index is 11.2. The van der Waals surface area contributed by atoms with Crippen LogP contribution in [0.3, 0.4) is 0 Å². The Hall–Kier alpha value is -1.59. The van der Waals surface area contributed by atoms with Gasteiger partial charge in [0.25, 0.3) is 0 Å². The summed E-state index contributed by atoms with van der Waals surface area (Å²) in [7, 11) is 3.66. The number of carbonyl (C=O) groups is 3. The number of carbonyl (C=O) groups excluding carboxylic acids is 3. The molecule has 0 heterocycles. The van der Waals surface area contributed by atoms with E-state index in [0.717, 1.165) is 0 Å². The van der Waals surface area contributed by atoms with Gasteiger partial charge in [0.1, 0.15) is 0 Å². The second-order valence-corrected chi connectivity index (χ2v) is 3.07. The lowest BCUT2D eigenvalue weighted by Gasteiger charge is -2.11. The molecule has 0 aliphatic carbocycles. The lowest BCUT2D eigenvalue weighted by Crippen LogP contribution is -2.26. The first kappa shape index (κ1) is 14.4. The smallest absolute Gasteiger partial charge is 0.320 e. The van der Waals surface area contributed by atoms with E-state index in [0.29, 0.717) is 6.42 Å². The Balaban J connectivity index is 4.18. The van der Waals surface area contributed by atoms with Gasteiger partial charge in [0.2, 0.25) is 0 Å². The van der Waals surface area contributed by atoms with Crippen molar-refractivity contribution in [1.82, 2.24) is 0 Å². The maximum absolute atomic E-state index is 11.2. The van der Waals surface area contributed by atoms with Gasteiger partial charge in [-0.3, -0.25) is 14.4 Å². The van der Waals surface area contributed by atoms with Crippen LogP contribution in [-0.4, -0.2) is 39.2 Å². The van der Waals surface area contributed by atoms with Gasteiger partial charge in [-0.2, -0.15) is 0 Å². The van der Waals surface area contributed by atoms with E-state index in [4.69, 9.17) is 0 Å². The molecule has 92 valence electrons. The highest BCUT2D eigenvalue weighted by Crippen LogP contribution is 2.12. The quantitative estimate of drug-likeness (QED) is 0.372. The summed E-state index contributed by atoms with van der Waals surface area (Å²) >= 11 is 0. The molecule has 0 aliphatic heterocycles. The predicted octanol–water partition coefficient (Wildman–Crippen LogP) is 0.292. The average molecular weight is 232 g/mol. The molecule has 0 aromatic heterocycles. The summed E-state index contributed by atoms with van der Waals surface area (Å²) in [5.41, 5.74) is 0. The topological polar surface area (TPSA) is 78.9 Å². The lowest BCUT2D eigenvalue weighted by molar-refractivity contribution is -0.159. The second kappa shape index (κ2) is 7.67. The number of methoxy groups -OCH3 is 3. The zero-order valence-electron chi connectivity index (χ0n) is 9.65. The molecule has 0 radical (unpaired) electrons. The van der Waals surface area contributed by atoms with Crippen molar-refractivity contribution < 1.29 is 28.6 Å². The first-order chi connectivity index (χ1) is 7.56. The molecule has 0 amide bonds. The molecule has 0 saturated heterocycles. The summed E-state index contributed by atoms with van der Waals surface area (Å²) in [5.74, 6) is -2.67. The maximum Gasteiger partial charge on any atom is 0.320 e. The molecule has 6 heteroatoms. The molecule has 0 atom stereocenters. The molecule has 16 heavy (non-hydrogen) atoms. The fraction of sp³-hybridized carbons (Fsp3) is 0.700. The van der Waals surface area contributed by atoms with E-state index < -0.39 is 17.9 Å². The normalized spacial score (nSPS) is 9.75. The minimum atomic E-state index is -0.973. The molecule has 0 aromatic rings. The van der Waals surface area contributed by atoms with Crippen molar-refractivity contribution in [2.75, 3.05) is 21.3 Å². The molecule has 6 nitrogen and oxygen atoms in total. The van der Waals surface area contributed by atoms with Crippen molar-refractivity contribution in [3.63, 3.8) is 0 Å². The molecule has 0 rings (SSSR count). The van der Waals surface area contributed by atoms with Crippen molar-refractivity contribution in [1.29, 1.82) is 0 Å². The Morgan fingerprint density at radius 2 is 1.44 bits per heavy atom. The first-order valence-electron chi connectivity index (χ1n) is 4.79. The summed E-state index contributed by atoms with van der Waals surface area (Å²) in [4.78, 5) is 33.3. The Labute approximate surface area is 93.8 Å². The van der Waals surface area contributed by atoms with Gasteiger partial charge in [0.05, 0.1) is 21.3 Å². The van der Waals surface area contributed by atoms with Gasteiger partial charge in [0.15, 0.2) is 5.92 Å². The number of rotatable bonds is 6. The number of hydrogen-bond acceptors (Lipinski definition) is 6. The molecule has 0 aliphatic rings. The van der Waals surface area contributed by atoms with Crippen molar-refractivity contribution in [2.24, 2.45) is 5.92 Å². The van der Waals surface area contributed by atoms with Crippen LogP contribution in [0, 0.1) is 5.92 Å².